The number of hydrogen-bond donors (Lipinski definition) is 2. The molecular formula is C28H29N5O4S. The van der Waals surface area contributed by atoms with Gasteiger partial charge in [-0.05, 0) is 36.2 Å². The molecule has 0 aliphatic carbocycles. The molecule has 0 aliphatic rings. The molecule has 2 N–H and O–H groups in total. The van der Waals surface area contributed by atoms with Crippen molar-refractivity contribution in [2.24, 2.45) is 0 Å². The van der Waals surface area contributed by atoms with Crippen molar-refractivity contribution in [3.05, 3.63) is 84.4 Å². The molecule has 0 radical (unpaired) electrons. The number of ether oxygens (including phenoxy) is 2. The molecule has 4 rings (SSSR count). The van der Waals surface area contributed by atoms with Gasteiger partial charge in [-0.15, -0.1) is 10.2 Å². The molecule has 9 nitrogen and oxygen atoms in total. The second kappa shape index (κ2) is 13.2. The van der Waals surface area contributed by atoms with Crippen LogP contribution >= 0.6 is 11.3 Å². The van der Waals surface area contributed by atoms with Crippen molar-refractivity contribution in [2.75, 3.05) is 37.9 Å². The van der Waals surface area contributed by atoms with Crippen molar-refractivity contribution in [3.8, 4) is 22.1 Å². The van der Waals surface area contributed by atoms with Crippen LogP contribution in [0.2, 0.25) is 0 Å². The van der Waals surface area contributed by atoms with Gasteiger partial charge >= 0.3 is 6.03 Å². The van der Waals surface area contributed by atoms with Crippen LogP contribution in [0.4, 0.5) is 15.6 Å². The molecule has 3 aromatic carbocycles. The molecule has 1 heterocycles. The molecular weight excluding hydrogens is 502 g/mol. The molecule has 196 valence electrons. The first-order valence-electron chi connectivity index (χ1n) is 12.1. The zero-order valence-corrected chi connectivity index (χ0v) is 22.0. The molecule has 0 saturated carbocycles. The van der Waals surface area contributed by atoms with Crippen LogP contribution in [0.25, 0.3) is 10.6 Å². The van der Waals surface area contributed by atoms with E-state index in [4.69, 9.17) is 9.47 Å². The summed E-state index contributed by atoms with van der Waals surface area (Å²) in [7, 11) is 3.17. The highest BCUT2D eigenvalue weighted by molar-refractivity contribution is 7.18. The largest absolute Gasteiger partial charge is 0.493 e. The molecule has 0 atom stereocenters. The van der Waals surface area contributed by atoms with E-state index in [1.165, 1.54) is 11.3 Å². The summed E-state index contributed by atoms with van der Waals surface area (Å²) < 4.78 is 10.7. The Balaban J connectivity index is 1.39. The highest BCUT2D eigenvalue weighted by Crippen LogP contribution is 2.28. The smallest absolute Gasteiger partial charge is 0.321 e. The van der Waals surface area contributed by atoms with Crippen LogP contribution in [0.1, 0.15) is 12.0 Å². The summed E-state index contributed by atoms with van der Waals surface area (Å²) in [6.07, 6.45) is 0.676. The van der Waals surface area contributed by atoms with E-state index in [-0.39, 0.29) is 24.9 Å². The van der Waals surface area contributed by atoms with Gasteiger partial charge in [-0.2, -0.15) is 0 Å². The van der Waals surface area contributed by atoms with Crippen LogP contribution < -0.4 is 20.1 Å². The minimum Gasteiger partial charge on any atom is -0.493 e. The predicted molar refractivity (Wildman–Crippen MR) is 149 cm³/mol. The lowest BCUT2D eigenvalue weighted by atomic mass is 10.1. The van der Waals surface area contributed by atoms with Crippen LogP contribution in [0.5, 0.6) is 11.5 Å². The van der Waals surface area contributed by atoms with Gasteiger partial charge in [0.1, 0.15) is 5.01 Å². The number of benzene rings is 3. The topological polar surface area (TPSA) is 106 Å². The number of aromatic nitrogens is 2. The second-order valence-electron chi connectivity index (χ2n) is 8.30. The number of amides is 3. The Kier molecular flexibility index (Phi) is 9.25. The van der Waals surface area contributed by atoms with Crippen LogP contribution in [0.3, 0.4) is 0 Å². The van der Waals surface area contributed by atoms with E-state index < -0.39 is 0 Å². The van der Waals surface area contributed by atoms with Gasteiger partial charge in [0.25, 0.3) is 0 Å². The SMILES string of the molecule is COc1ccc(CCN(CCC(=O)Nc2nnc(-c3ccccc3)s2)C(=O)Nc2ccccc2)cc1OC. The molecule has 0 aliphatic heterocycles. The van der Waals surface area contributed by atoms with E-state index >= 15 is 0 Å². The van der Waals surface area contributed by atoms with Crippen molar-refractivity contribution in [1.82, 2.24) is 15.1 Å². The van der Waals surface area contributed by atoms with Gasteiger partial charge in [-0.1, -0.05) is 65.9 Å². The Morgan fingerprint density at radius 1 is 0.842 bits per heavy atom. The maximum Gasteiger partial charge on any atom is 0.321 e. The maximum absolute atomic E-state index is 13.1. The van der Waals surface area contributed by atoms with Gasteiger partial charge in [0.2, 0.25) is 11.0 Å². The lowest BCUT2D eigenvalue weighted by Gasteiger charge is -2.23. The first-order chi connectivity index (χ1) is 18.6. The van der Waals surface area contributed by atoms with Gasteiger partial charge in [-0.25, -0.2) is 4.79 Å². The lowest BCUT2D eigenvalue weighted by Crippen LogP contribution is -2.38. The normalized spacial score (nSPS) is 10.5. The summed E-state index contributed by atoms with van der Waals surface area (Å²) in [5.74, 6) is 1.01. The van der Waals surface area contributed by atoms with E-state index in [1.807, 2.05) is 78.9 Å². The van der Waals surface area contributed by atoms with Crippen LogP contribution in [0.15, 0.2) is 78.9 Å². The molecule has 38 heavy (non-hydrogen) atoms. The van der Waals surface area contributed by atoms with Crippen molar-refractivity contribution in [1.29, 1.82) is 0 Å². The average Bonchev–Trinajstić information content (AvgIpc) is 3.42. The minimum absolute atomic E-state index is 0.106. The number of anilines is 2. The van der Waals surface area contributed by atoms with E-state index in [1.54, 1.807) is 19.1 Å². The molecule has 1 aromatic heterocycles. The van der Waals surface area contributed by atoms with Crippen molar-refractivity contribution in [2.45, 2.75) is 12.8 Å². The molecule has 3 amide bonds. The lowest BCUT2D eigenvalue weighted by molar-refractivity contribution is -0.116. The first kappa shape index (κ1) is 26.6. The maximum atomic E-state index is 13.1. The number of methoxy groups -OCH3 is 2. The number of nitrogens with zero attached hydrogens (tertiary/aromatic N) is 3. The van der Waals surface area contributed by atoms with E-state index in [9.17, 15) is 9.59 Å². The third kappa shape index (κ3) is 7.30. The fraction of sp³-hybridized carbons (Fsp3) is 0.214. The minimum atomic E-state index is -0.285. The number of nitrogens with one attached hydrogen (secondary N) is 2. The number of carbonyl (C=O) groups excluding carboxylic acids is 2. The zero-order chi connectivity index (χ0) is 26.7. The van der Waals surface area contributed by atoms with E-state index in [0.29, 0.717) is 35.3 Å². The van der Waals surface area contributed by atoms with Crippen LogP contribution in [0, 0.1) is 0 Å². The van der Waals surface area contributed by atoms with E-state index in [2.05, 4.69) is 20.8 Å². The molecule has 4 aromatic rings. The molecule has 0 unspecified atom stereocenters. The number of hydrogen-bond acceptors (Lipinski definition) is 7. The van der Waals surface area contributed by atoms with Gasteiger partial charge in [0.15, 0.2) is 11.5 Å². The van der Waals surface area contributed by atoms with Gasteiger partial charge in [-0.3, -0.25) is 4.79 Å². The Bertz CT molecular complexity index is 1350. The highest BCUT2D eigenvalue weighted by Gasteiger charge is 2.17. The van der Waals surface area contributed by atoms with Gasteiger partial charge < -0.3 is 25.0 Å². The van der Waals surface area contributed by atoms with Crippen molar-refractivity contribution >= 4 is 34.1 Å². The second-order valence-corrected chi connectivity index (χ2v) is 9.28. The zero-order valence-electron chi connectivity index (χ0n) is 21.2. The highest BCUT2D eigenvalue weighted by atomic mass is 32.1. The summed E-state index contributed by atoms with van der Waals surface area (Å²) >= 11 is 1.30. The van der Waals surface area contributed by atoms with Gasteiger partial charge in [0.05, 0.1) is 14.2 Å². The number of rotatable bonds is 11. The predicted octanol–water partition coefficient (Wildman–Crippen LogP) is 5.33. The molecule has 0 fully saturated rings. The number of urea groups is 1. The van der Waals surface area contributed by atoms with Gasteiger partial charge in [0, 0.05) is 30.8 Å². The third-order valence-corrected chi connectivity index (χ3v) is 6.62. The Morgan fingerprint density at radius 3 is 2.26 bits per heavy atom. The number of carbonyl (C=O) groups is 2. The summed E-state index contributed by atoms with van der Waals surface area (Å²) in [4.78, 5) is 27.4. The van der Waals surface area contributed by atoms with Crippen molar-refractivity contribution < 1.29 is 19.1 Å². The summed E-state index contributed by atoms with van der Waals surface area (Å²) in [5, 5.41) is 15.1. The summed E-state index contributed by atoms with van der Waals surface area (Å²) in [6.45, 7) is 0.626. The van der Waals surface area contributed by atoms with Crippen LogP contribution in [-0.2, 0) is 11.2 Å². The average molecular weight is 532 g/mol. The molecule has 0 saturated heterocycles. The van der Waals surface area contributed by atoms with Crippen molar-refractivity contribution in [3.63, 3.8) is 0 Å². The van der Waals surface area contributed by atoms with Crippen LogP contribution in [-0.4, -0.2) is 54.3 Å². The van der Waals surface area contributed by atoms with E-state index in [0.717, 1.165) is 16.1 Å². The number of para-hydroxylation sites is 1. The summed E-state index contributed by atoms with van der Waals surface area (Å²) in [6, 6.07) is 24.2. The Hall–Kier alpha value is -4.44. The summed E-state index contributed by atoms with van der Waals surface area (Å²) in [5.41, 5.74) is 2.59. The molecule has 0 bridgehead atoms. The first-order valence-corrected chi connectivity index (χ1v) is 12.9. The quantitative estimate of drug-likeness (QED) is 0.271. The molecule has 10 heteroatoms. The Morgan fingerprint density at radius 2 is 1.55 bits per heavy atom. The fourth-order valence-corrected chi connectivity index (χ4v) is 4.49. The third-order valence-electron chi connectivity index (χ3n) is 5.73. The fourth-order valence-electron chi connectivity index (χ4n) is 3.73. The molecule has 0 spiro atoms. The Labute approximate surface area is 225 Å². The monoisotopic (exact) mass is 531 g/mol. The standard InChI is InChI=1S/C28H29N5O4S/c1-36-23-14-13-20(19-24(23)37-2)15-17-33(28(35)29-22-11-7-4-8-12-22)18-16-25(34)30-27-32-31-26(38-27)21-9-5-3-6-10-21/h3-14,19H,15-18H2,1-2H3,(H,29,35)(H,30,32,34).